The number of aliphatic imine (C=N–C) groups is 1. The summed E-state index contributed by atoms with van der Waals surface area (Å²) in [5.74, 6) is -1.94. The smallest absolute Gasteiger partial charge is 0.418 e. The van der Waals surface area contributed by atoms with Gasteiger partial charge in [-0.25, -0.2) is 18.5 Å². The SMILES string of the molecule is CC1[C@H](C)SC(N(COCC[Si](C)(C)C)C(=O)OC(C)(C)C)=N[C@]1(C)c1cccc(F)c1F. The van der Waals surface area contributed by atoms with Gasteiger partial charge in [-0.15, -0.1) is 0 Å². The zero-order valence-electron chi connectivity index (χ0n) is 21.3. The van der Waals surface area contributed by atoms with E-state index in [2.05, 4.69) is 19.6 Å². The third-order valence-electron chi connectivity index (χ3n) is 5.77. The topological polar surface area (TPSA) is 51.1 Å². The van der Waals surface area contributed by atoms with Crippen LogP contribution in [-0.2, 0) is 15.0 Å². The van der Waals surface area contributed by atoms with Crippen molar-refractivity contribution in [3.05, 3.63) is 35.4 Å². The fraction of sp³-hybridized carbons (Fsp3) is 0.667. The summed E-state index contributed by atoms with van der Waals surface area (Å²) in [7, 11) is -1.31. The molecule has 1 aromatic carbocycles. The summed E-state index contributed by atoms with van der Waals surface area (Å²) in [5, 5.41) is 0.367. The lowest BCUT2D eigenvalue weighted by molar-refractivity contribution is 0.0109. The zero-order chi connectivity index (χ0) is 25.2. The lowest BCUT2D eigenvalue weighted by Crippen LogP contribution is -2.47. The fourth-order valence-corrected chi connectivity index (χ4v) is 5.47. The number of amidine groups is 1. The number of rotatable bonds is 6. The van der Waals surface area contributed by atoms with Crippen molar-refractivity contribution in [2.24, 2.45) is 10.9 Å². The number of halogens is 2. The molecule has 186 valence electrons. The summed E-state index contributed by atoms with van der Waals surface area (Å²) in [6, 6.07) is 5.09. The van der Waals surface area contributed by atoms with Crippen molar-refractivity contribution in [1.29, 1.82) is 0 Å². The molecule has 0 bridgehead atoms. The predicted octanol–water partition coefficient (Wildman–Crippen LogP) is 6.86. The Kier molecular flexibility index (Phi) is 8.79. The maximum atomic E-state index is 14.8. The largest absolute Gasteiger partial charge is 0.443 e. The average molecular weight is 501 g/mol. The first-order valence-electron chi connectivity index (χ1n) is 11.3. The van der Waals surface area contributed by atoms with Crippen LogP contribution in [0, 0.1) is 17.6 Å². The van der Waals surface area contributed by atoms with Crippen molar-refractivity contribution < 1.29 is 23.0 Å². The van der Waals surface area contributed by atoms with Crippen LogP contribution in [0.3, 0.4) is 0 Å². The summed E-state index contributed by atoms with van der Waals surface area (Å²) < 4.78 is 40.4. The molecule has 0 saturated carbocycles. The van der Waals surface area contributed by atoms with Crippen LogP contribution in [0.15, 0.2) is 23.2 Å². The van der Waals surface area contributed by atoms with E-state index < -0.39 is 36.9 Å². The Bertz CT molecular complexity index is 885. The van der Waals surface area contributed by atoms with Crippen LogP contribution in [0.4, 0.5) is 13.6 Å². The highest BCUT2D eigenvalue weighted by Crippen LogP contribution is 2.45. The van der Waals surface area contributed by atoms with E-state index in [0.29, 0.717) is 11.8 Å². The lowest BCUT2D eigenvalue weighted by Gasteiger charge is -2.42. The third kappa shape index (κ3) is 7.26. The van der Waals surface area contributed by atoms with Crippen molar-refractivity contribution in [1.82, 2.24) is 4.90 Å². The second kappa shape index (κ2) is 10.4. The van der Waals surface area contributed by atoms with E-state index in [-0.39, 0.29) is 23.5 Å². The molecular formula is C24H38F2N2O3SSi. The van der Waals surface area contributed by atoms with E-state index in [4.69, 9.17) is 14.5 Å². The second-order valence-corrected chi connectivity index (χ2v) is 18.0. The maximum Gasteiger partial charge on any atom is 0.418 e. The summed E-state index contributed by atoms with van der Waals surface area (Å²) in [5.41, 5.74) is -1.60. The molecule has 2 rings (SSSR count). The highest BCUT2D eigenvalue weighted by molar-refractivity contribution is 8.14. The lowest BCUT2D eigenvalue weighted by atomic mass is 9.79. The molecule has 3 atom stereocenters. The molecule has 1 amide bonds. The number of nitrogens with zero attached hydrogens (tertiary/aromatic N) is 2. The standard InChI is InChI=1S/C24H38F2N2O3SSi/c1-16-17(2)32-21(27-24(16,6)18-11-10-12-19(25)20(18)26)28(22(29)31-23(3,4)5)15-30-13-14-33(7,8)9/h10-12,16-17H,13-15H2,1-9H3/t16?,17-,24-/m0/s1. The molecule has 1 unspecified atom stereocenters. The van der Waals surface area contributed by atoms with E-state index in [1.807, 2.05) is 13.8 Å². The minimum atomic E-state index is -1.31. The molecule has 9 heteroatoms. The van der Waals surface area contributed by atoms with Gasteiger partial charge in [-0.05, 0) is 45.7 Å². The maximum absolute atomic E-state index is 14.8. The van der Waals surface area contributed by atoms with Gasteiger partial charge in [-0.1, -0.05) is 57.4 Å². The van der Waals surface area contributed by atoms with Gasteiger partial charge >= 0.3 is 6.09 Å². The van der Waals surface area contributed by atoms with Crippen molar-refractivity contribution in [3.8, 4) is 0 Å². The number of ether oxygens (including phenoxy) is 2. The minimum Gasteiger partial charge on any atom is -0.443 e. The fourth-order valence-electron chi connectivity index (χ4n) is 3.41. The quantitative estimate of drug-likeness (QED) is 0.243. The molecule has 1 aromatic rings. The molecule has 0 aliphatic carbocycles. The normalized spacial score (nSPS) is 23.8. The molecule has 5 nitrogen and oxygen atoms in total. The second-order valence-electron chi connectivity index (χ2n) is 11.0. The number of thioether (sulfide) groups is 1. The summed E-state index contributed by atoms with van der Waals surface area (Å²) in [6.07, 6.45) is -0.578. The number of amides is 1. The molecule has 0 fully saturated rings. The van der Waals surface area contributed by atoms with Crippen LogP contribution < -0.4 is 0 Å². The van der Waals surface area contributed by atoms with Gasteiger partial charge in [0.25, 0.3) is 0 Å². The first kappa shape index (κ1) is 27.8. The Balaban J connectivity index is 2.45. The van der Waals surface area contributed by atoms with Crippen LogP contribution in [0.25, 0.3) is 0 Å². The molecule has 0 N–H and O–H groups in total. The van der Waals surface area contributed by atoms with Crippen LogP contribution in [0.2, 0.25) is 25.7 Å². The van der Waals surface area contributed by atoms with Crippen molar-refractivity contribution >= 4 is 31.1 Å². The van der Waals surface area contributed by atoms with Gasteiger partial charge in [0, 0.05) is 25.5 Å². The van der Waals surface area contributed by atoms with Gasteiger partial charge in [0.2, 0.25) is 0 Å². The number of hydrogen-bond donors (Lipinski definition) is 0. The van der Waals surface area contributed by atoms with Crippen molar-refractivity contribution in [3.63, 3.8) is 0 Å². The molecule has 33 heavy (non-hydrogen) atoms. The van der Waals surface area contributed by atoms with E-state index in [9.17, 15) is 13.6 Å². The van der Waals surface area contributed by atoms with E-state index in [1.165, 1.54) is 22.7 Å². The first-order chi connectivity index (χ1) is 15.0. The highest BCUT2D eigenvalue weighted by atomic mass is 32.2. The zero-order valence-corrected chi connectivity index (χ0v) is 23.1. The minimum absolute atomic E-state index is 0.0166. The van der Waals surface area contributed by atoms with Gasteiger partial charge in [-0.3, -0.25) is 4.99 Å². The molecule has 0 spiro atoms. The molecule has 0 radical (unpaired) electrons. The monoisotopic (exact) mass is 500 g/mol. The van der Waals surface area contributed by atoms with Crippen LogP contribution in [-0.4, -0.2) is 48.4 Å². The third-order valence-corrected chi connectivity index (χ3v) is 8.78. The number of carbonyl (C=O) groups is 1. The number of benzene rings is 1. The molecule has 1 heterocycles. The predicted molar refractivity (Wildman–Crippen MR) is 134 cm³/mol. The van der Waals surface area contributed by atoms with Gasteiger partial charge in [0.15, 0.2) is 16.8 Å². The number of carbonyl (C=O) groups excluding carboxylic acids is 1. The molecule has 0 aromatic heterocycles. The molecule has 0 saturated heterocycles. The van der Waals surface area contributed by atoms with E-state index >= 15 is 0 Å². The highest BCUT2D eigenvalue weighted by Gasteiger charge is 2.45. The Morgan fingerprint density at radius 3 is 2.45 bits per heavy atom. The van der Waals surface area contributed by atoms with Gasteiger partial charge in [-0.2, -0.15) is 0 Å². The summed E-state index contributed by atoms with van der Waals surface area (Å²) >= 11 is 1.42. The summed E-state index contributed by atoms with van der Waals surface area (Å²) in [6.45, 7) is 18.4. The Morgan fingerprint density at radius 1 is 1.24 bits per heavy atom. The van der Waals surface area contributed by atoms with Crippen LogP contribution in [0.1, 0.15) is 47.1 Å². The molecule has 1 aliphatic rings. The van der Waals surface area contributed by atoms with Crippen molar-refractivity contribution in [2.45, 2.75) is 83.6 Å². The van der Waals surface area contributed by atoms with Crippen LogP contribution >= 0.6 is 11.8 Å². The van der Waals surface area contributed by atoms with Crippen LogP contribution in [0.5, 0.6) is 0 Å². The van der Waals surface area contributed by atoms with Gasteiger partial charge < -0.3 is 9.47 Å². The summed E-state index contributed by atoms with van der Waals surface area (Å²) in [4.78, 5) is 19.3. The van der Waals surface area contributed by atoms with Crippen molar-refractivity contribution in [2.75, 3.05) is 13.3 Å². The number of hydrogen-bond acceptors (Lipinski definition) is 5. The molecule has 1 aliphatic heterocycles. The Labute approximate surface area is 202 Å². The average Bonchev–Trinajstić information content (AvgIpc) is 2.65. The van der Waals surface area contributed by atoms with Gasteiger partial charge in [0.05, 0.1) is 5.54 Å². The van der Waals surface area contributed by atoms with E-state index in [0.717, 1.165) is 12.1 Å². The van der Waals surface area contributed by atoms with E-state index in [1.54, 1.807) is 33.8 Å². The van der Waals surface area contributed by atoms with Gasteiger partial charge in [0.1, 0.15) is 12.3 Å². The Hall–Kier alpha value is -1.45. The first-order valence-corrected chi connectivity index (χ1v) is 15.9. The molecular weight excluding hydrogens is 462 g/mol. The Morgan fingerprint density at radius 2 is 1.88 bits per heavy atom.